The molecule has 1 heterocycles. The molecule has 0 aromatic heterocycles. The van der Waals surface area contributed by atoms with Gasteiger partial charge in [-0.2, -0.15) is 0 Å². The van der Waals surface area contributed by atoms with Crippen LogP contribution in [0.1, 0.15) is 37.5 Å². The summed E-state index contributed by atoms with van der Waals surface area (Å²) in [6.45, 7) is 0.0412. The predicted octanol–water partition coefficient (Wildman–Crippen LogP) is 2.57. The monoisotopic (exact) mass is 339 g/mol. The van der Waals surface area contributed by atoms with Crippen molar-refractivity contribution in [2.45, 2.75) is 6.42 Å². The van der Waals surface area contributed by atoms with E-state index < -0.39 is 0 Å². The molecule has 6 nitrogen and oxygen atoms in total. The molecule has 0 atom stereocenters. The largest absolute Gasteiger partial charge is 0.493 e. The van der Waals surface area contributed by atoms with Crippen molar-refractivity contribution in [1.29, 1.82) is 0 Å². The molecular weight excluding hydrogens is 322 g/mol. The van der Waals surface area contributed by atoms with Gasteiger partial charge in [0.1, 0.15) is 0 Å². The molecule has 0 bridgehead atoms. The van der Waals surface area contributed by atoms with Crippen molar-refractivity contribution in [1.82, 2.24) is 4.90 Å². The van der Waals surface area contributed by atoms with Crippen molar-refractivity contribution in [2.24, 2.45) is 0 Å². The zero-order valence-electron chi connectivity index (χ0n) is 13.9. The second-order valence-corrected chi connectivity index (χ2v) is 5.55. The number of fused-ring (bicyclic) bond motifs is 1. The molecule has 1 aliphatic rings. The normalized spacial score (nSPS) is 13.0. The third-order valence-corrected chi connectivity index (χ3v) is 4.15. The van der Waals surface area contributed by atoms with Crippen molar-refractivity contribution in [3.8, 4) is 11.5 Å². The molecule has 0 unspecified atom stereocenters. The quantitative estimate of drug-likeness (QED) is 0.597. The third-order valence-electron chi connectivity index (χ3n) is 4.15. The van der Waals surface area contributed by atoms with Crippen LogP contribution in [0.15, 0.2) is 42.5 Å². The summed E-state index contributed by atoms with van der Waals surface area (Å²) in [5.41, 5.74) is 1.20. The Morgan fingerprint density at radius 3 is 2.08 bits per heavy atom. The molecule has 25 heavy (non-hydrogen) atoms. The Kier molecular flexibility index (Phi) is 4.52. The van der Waals surface area contributed by atoms with Crippen LogP contribution in [0.5, 0.6) is 11.5 Å². The van der Waals surface area contributed by atoms with Gasteiger partial charge in [0.25, 0.3) is 11.8 Å². The van der Waals surface area contributed by atoms with E-state index in [1.165, 1.54) is 14.2 Å². The van der Waals surface area contributed by atoms with E-state index in [1.807, 2.05) is 0 Å². The van der Waals surface area contributed by atoms with E-state index in [0.29, 0.717) is 28.2 Å². The maximum atomic E-state index is 12.4. The lowest BCUT2D eigenvalue weighted by Crippen LogP contribution is -2.31. The van der Waals surface area contributed by atoms with Crippen LogP contribution in [0.3, 0.4) is 0 Å². The number of ketones is 1. The summed E-state index contributed by atoms with van der Waals surface area (Å²) in [6, 6.07) is 11.5. The molecule has 1 aliphatic heterocycles. The first kappa shape index (κ1) is 16.7. The molecule has 0 saturated heterocycles. The van der Waals surface area contributed by atoms with Crippen LogP contribution in [0, 0.1) is 0 Å². The first-order valence-corrected chi connectivity index (χ1v) is 7.77. The minimum Gasteiger partial charge on any atom is -0.493 e. The first-order valence-electron chi connectivity index (χ1n) is 7.77. The molecule has 0 radical (unpaired) electrons. The smallest absolute Gasteiger partial charge is 0.261 e. The Hall–Kier alpha value is -3.15. The van der Waals surface area contributed by atoms with Crippen LogP contribution in [-0.4, -0.2) is 43.3 Å². The SMILES string of the molecule is COc1ccc(C(=O)CCN2C(=O)c3ccccc3C2=O)cc1OC. The number of nitrogens with zero attached hydrogens (tertiary/aromatic N) is 1. The van der Waals surface area contributed by atoms with Gasteiger partial charge < -0.3 is 9.47 Å². The van der Waals surface area contributed by atoms with E-state index in [1.54, 1.807) is 42.5 Å². The standard InChI is InChI=1S/C19H17NO5/c1-24-16-8-7-12(11-17(16)25-2)15(21)9-10-20-18(22)13-5-3-4-6-14(13)19(20)23/h3-8,11H,9-10H2,1-2H3. The van der Waals surface area contributed by atoms with Crippen molar-refractivity contribution in [2.75, 3.05) is 20.8 Å². The van der Waals surface area contributed by atoms with Crippen LogP contribution in [0.25, 0.3) is 0 Å². The minimum atomic E-state index is -0.360. The lowest BCUT2D eigenvalue weighted by molar-refractivity contribution is 0.0649. The molecule has 0 fully saturated rings. The number of benzene rings is 2. The fraction of sp³-hybridized carbons (Fsp3) is 0.211. The van der Waals surface area contributed by atoms with Gasteiger partial charge in [0.2, 0.25) is 0 Å². The van der Waals surface area contributed by atoms with Gasteiger partial charge in [-0.15, -0.1) is 0 Å². The van der Waals surface area contributed by atoms with Gasteiger partial charge in [-0.1, -0.05) is 12.1 Å². The Morgan fingerprint density at radius 2 is 1.52 bits per heavy atom. The average Bonchev–Trinajstić information content (AvgIpc) is 2.90. The highest BCUT2D eigenvalue weighted by Gasteiger charge is 2.35. The Bertz CT molecular complexity index is 824. The summed E-state index contributed by atoms with van der Waals surface area (Å²) in [7, 11) is 3.01. The lowest BCUT2D eigenvalue weighted by atomic mass is 10.1. The molecule has 2 aromatic carbocycles. The minimum absolute atomic E-state index is 0.0412. The van der Waals surface area contributed by atoms with E-state index >= 15 is 0 Å². The van der Waals surface area contributed by atoms with Gasteiger partial charge in [0.15, 0.2) is 17.3 Å². The number of methoxy groups -OCH3 is 2. The van der Waals surface area contributed by atoms with Crippen LogP contribution in [0.2, 0.25) is 0 Å². The molecule has 2 aromatic rings. The summed E-state index contributed by atoms with van der Waals surface area (Å²) < 4.78 is 10.3. The number of amides is 2. The molecule has 0 aliphatic carbocycles. The number of rotatable bonds is 6. The molecule has 0 N–H and O–H groups in total. The highest BCUT2D eigenvalue weighted by molar-refractivity contribution is 6.21. The van der Waals surface area contributed by atoms with Crippen LogP contribution >= 0.6 is 0 Å². The average molecular weight is 339 g/mol. The van der Waals surface area contributed by atoms with Crippen molar-refractivity contribution < 1.29 is 23.9 Å². The van der Waals surface area contributed by atoms with E-state index in [2.05, 4.69) is 0 Å². The van der Waals surface area contributed by atoms with Gasteiger partial charge in [-0.3, -0.25) is 19.3 Å². The van der Waals surface area contributed by atoms with Gasteiger partial charge in [-0.05, 0) is 30.3 Å². The van der Waals surface area contributed by atoms with Crippen molar-refractivity contribution >= 4 is 17.6 Å². The topological polar surface area (TPSA) is 72.9 Å². The zero-order chi connectivity index (χ0) is 18.0. The number of carbonyl (C=O) groups is 3. The van der Waals surface area contributed by atoms with E-state index in [4.69, 9.17) is 9.47 Å². The van der Waals surface area contributed by atoms with Crippen molar-refractivity contribution in [3.63, 3.8) is 0 Å². The predicted molar refractivity (Wildman–Crippen MR) is 90.3 cm³/mol. The maximum Gasteiger partial charge on any atom is 0.261 e. The number of Topliss-reactive ketones (excluding diaryl/α,β-unsaturated/α-hetero) is 1. The summed E-state index contributed by atoms with van der Waals surface area (Å²) >= 11 is 0. The number of carbonyl (C=O) groups excluding carboxylic acids is 3. The van der Waals surface area contributed by atoms with Crippen LogP contribution < -0.4 is 9.47 Å². The molecule has 128 valence electrons. The Balaban J connectivity index is 1.71. The van der Waals surface area contributed by atoms with E-state index in [-0.39, 0.29) is 30.6 Å². The number of hydrogen-bond donors (Lipinski definition) is 0. The van der Waals surface area contributed by atoms with Gasteiger partial charge in [0, 0.05) is 18.5 Å². The molecule has 6 heteroatoms. The third kappa shape index (κ3) is 2.98. The zero-order valence-corrected chi connectivity index (χ0v) is 13.9. The Labute approximate surface area is 145 Å². The summed E-state index contributed by atoms with van der Waals surface area (Å²) in [6.07, 6.45) is 0.0426. The van der Waals surface area contributed by atoms with Gasteiger partial charge in [-0.25, -0.2) is 0 Å². The second kappa shape index (κ2) is 6.76. The van der Waals surface area contributed by atoms with E-state index in [9.17, 15) is 14.4 Å². The molecular formula is C19H17NO5. The van der Waals surface area contributed by atoms with Gasteiger partial charge in [0.05, 0.1) is 25.3 Å². The van der Waals surface area contributed by atoms with Crippen molar-refractivity contribution in [3.05, 3.63) is 59.2 Å². The second-order valence-electron chi connectivity index (χ2n) is 5.55. The van der Waals surface area contributed by atoms with Gasteiger partial charge >= 0.3 is 0 Å². The molecule has 3 rings (SSSR count). The highest BCUT2D eigenvalue weighted by Crippen LogP contribution is 2.28. The highest BCUT2D eigenvalue weighted by atomic mass is 16.5. The van der Waals surface area contributed by atoms with Crippen LogP contribution in [0.4, 0.5) is 0 Å². The fourth-order valence-electron chi connectivity index (χ4n) is 2.81. The summed E-state index contributed by atoms with van der Waals surface area (Å²) in [5.74, 6) is 0.0763. The number of hydrogen-bond acceptors (Lipinski definition) is 5. The molecule has 0 spiro atoms. The Morgan fingerprint density at radius 1 is 0.920 bits per heavy atom. The first-order chi connectivity index (χ1) is 12.1. The molecule has 0 saturated carbocycles. The summed E-state index contributed by atoms with van der Waals surface area (Å²) in [4.78, 5) is 38.1. The maximum absolute atomic E-state index is 12.4. The summed E-state index contributed by atoms with van der Waals surface area (Å²) in [5, 5.41) is 0. The molecule has 2 amide bonds. The fourth-order valence-corrected chi connectivity index (χ4v) is 2.81. The number of ether oxygens (including phenoxy) is 2. The van der Waals surface area contributed by atoms with Crippen LogP contribution in [-0.2, 0) is 0 Å². The number of imide groups is 1. The lowest BCUT2D eigenvalue weighted by Gasteiger charge is -2.13. The van der Waals surface area contributed by atoms with E-state index in [0.717, 1.165) is 4.90 Å².